The molecule has 0 aliphatic carbocycles. The van der Waals surface area contributed by atoms with Gasteiger partial charge in [0.1, 0.15) is 5.82 Å². The minimum Gasteiger partial charge on any atom is -0.450 e. The first-order valence-corrected chi connectivity index (χ1v) is 7.93. The van der Waals surface area contributed by atoms with Crippen LogP contribution in [0.1, 0.15) is 20.3 Å². The van der Waals surface area contributed by atoms with Gasteiger partial charge in [0.25, 0.3) is 5.62 Å². The molecule has 0 unspecified atom stereocenters. The van der Waals surface area contributed by atoms with Gasteiger partial charge < -0.3 is 19.6 Å². The van der Waals surface area contributed by atoms with E-state index in [0.717, 1.165) is 6.42 Å². The van der Waals surface area contributed by atoms with Crippen LogP contribution in [0.5, 0.6) is 0 Å². The maximum atomic E-state index is 11.7. The fraction of sp³-hybridized carbons (Fsp3) is 0.467. The largest absolute Gasteiger partial charge is 0.450 e. The van der Waals surface area contributed by atoms with Crippen LogP contribution in [0.4, 0.5) is 21.2 Å². The summed E-state index contributed by atoms with van der Waals surface area (Å²) in [4.78, 5) is 33.0. The maximum Gasteiger partial charge on any atom is 0.437 e. The Labute approximate surface area is 144 Å². The zero-order chi connectivity index (χ0) is 18.2. The number of aromatic nitrogens is 2. The van der Waals surface area contributed by atoms with Gasteiger partial charge in [-0.1, -0.05) is 12.2 Å². The summed E-state index contributed by atoms with van der Waals surface area (Å²) in [5.74, 6) is 0.422. The van der Waals surface area contributed by atoms with Gasteiger partial charge in [-0.3, -0.25) is 5.32 Å². The number of nitrogens with zero attached hydrogens (tertiary/aromatic N) is 4. The summed E-state index contributed by atoms with van der Waals surface area (Å²) < 4.78 is 10.0. The highest BCUT2D eigenvalue weighted by Gasteiger charge is 2.16. The van der Waals surface area contributed by atoms with E-state index in [-0.39, 0.29) is 24.6 Å². The molecule has 0 aromatic carbocycles. The maximum absolute atomic E-state index is 11.7. The summed E-state index contributed by atoms with van der Waals surface area (Å²) in [5, 5.41) is 12.6. The third-order valence-electron chi connectivity index (χ3n) is 3.24. The Hall–Kier alpha value is -3.04. The lowest BCUT2D eigenvalue weighted by Crippen LogP contribution is -2.34. The zero-order valence-corrected chi connectivity index (χ0v) is 14.1. The van der Waals surface area contributed by atoms with Crippen molar-refractivity contribution in [2.24, 2.45) is 4.99 Å². The lowest BCUT2D eigenvalue weighted by Gasteiger charge is -2.25. The van der Waals surface area contributed by atoms with E-state index >= 15 is 0 Å². The van der Waals surface area contributed by atoms with Gasteiger partial charge in [-0.2, -0.15) is 4.98 Å². The Morgan fingerprint density at radius 1 is 1.32 bits per heavy atom. The Kier molecular flexibility index (Phi) is 6.38. The Bertz CT molecular complexity index is 728. The number of hydrogen-bond acceptors (Lipinski definition) is 7. The molecule has 1 aliphatic rings. The molecule has 0 radical (unpaired) electrons. The van der Waals surface area contributed by atoms with E-state index in [1.165, 1.54) is 6.07 Å². The predicted octanol–water partition coefficient (Wildman–Crippen LogP) is 1.51. The number of ether oxygens (including phenoxy) is 2. The third kappa shape index (κ3) is 4.96. The van der Waals surface area contributed by atoms with Gasteiger partial charge >= 0.3 is 12.2 Å². The lowest BCUT2D eigenvalue weighted by atomic mass is 10.2. The molecule has 136 valence electrons. The van der Waals surface area contributed by atoms with Crippen molar-refractivity contribution in [3.8, 4) is 0 Å². The second-order valence-electron chi connectivity index (χ2n) is 4.97. The van der Waals surface area contributed by atoms with Crippen LogP contribution in [0.25, 0.3) is 0 Å². The highest BCUT2D eigenvalue weighted by atomic mass is 16.6. The summed E-state index contributed by atoms with van der Waals surface area (Å²) in [6.07, 6.45) is 3.22. The molecule has 0 fully saturated rings. The lowest BCUT2D eigenvalue weighted by molar-refractivity contribution is 0.151. The van der Waals surface area contributed by atoms with Gasteiger partial charge in [0.2, 0.25) is 0 Å². The summed E-state index contributed by atoms with van der Waals surface area (Å²) in [7, 11) is 0. The average Bonchev–Trinajstić information content (AvgIpc) is 2.59. The van der Waals surface area contributed by atoms with E-state index in [1.54, 1.807) is 13.8 Å². The number of carbonyl (C=O) groups excluding carboxylic acids is 2. The van der Waals surface area contributed by atoms with Crippen molar-refractivity contribution in [2.45, 2.75) is 20.3 Å². The molecule has 0 saturated heterocycles. The predicted molar refractivity (Wildman–Crippen MR) is 88.6 cm³/mol. The van der Waals surface area contributed by atoms with E-state index in [0.29, 0.717) is 23.6 Å². The van der Waals surface area contributed by atoms with Crippen molar-refractivity contribution in [3.63, 3.8) is 0 Å². The van der Waals surface area contributed by atoms with Gasteiger partial charge in [-0.05, 0) is 20.3 Å². The first kappa shape index (κ1) is 18.3. The topological polar surface area (TPSA) is 118 Å². The van der Waals surface area contributed by atoms with Crippen LogP contribution in [-0.4, -0.2) is 53.4 Å². The molecule has 0 atom stereocenters. The van der Waals surface area contributed by atoms with Crippen molar-refractivity contribution >= 4 is 23.8 Å². The molecular formula is C15H21N5O5. The normalized spacial score (nSPS) is 14.3. The van der Waals surface area contributed by atoms with Crippen molar-refractivity contribution in [3.05, 3.63) is 23.8 Å². The molecule has 0 bridgehead atoms. The molecule has 1 aliphatic heterocycles. The highest BCUT2D eigenvalue weighted by Crippen LogP contribution is 2.16. The first-order chi connectivity index (χ1) is 12.0. The molecule has 0 saturated carbocycles. The van der Waals surface area contributed by atoms with E-state index in [4.69, 9.17) is 9.47 Å². The van der Waals surface area contributed by atoms with Crippen LogP contribution in [0.3, 0.4) is 0 Å². The smallest absolute Gasteiger partial charge is 0.437 e. The van der Waals surface area contributed by atoms with Crippen molar-refractivity contribution in [1.29, 1.82) is 0 Å². The van der Waals surface area contributed by atoms with Gasteiger partial charge in [0.05, 0.1) is 13.2 Å². The number of anilines is 2. The Morgan fingerprint density at radius 2 is 2.08 bits per heavy atom. The van der Waals surface area contributed by atoms with E-state index in [1.807, 2.05) is 17.1 Å². The van der Waals surface area contributed by atoms with Crippen LogP contribution in [0.15, 0.2) is 23.2 Å². The number of carbonyl (C=O) groups is 2. The van der Waals surface area contributed by atoms with Crippen LogP contribution in [0, 0.1) is 0 Å². The quantitative estimate of drug-likeness (QED) is 0.623. The molecule has 2 heterocycles. The minimum absolute atomic E-state index is 0.0268. The third-order valence-corrected chi connectivity index (χ3v) is 3.24. The van der Waals surface area contributed by atoms with E-state index in [2.05, 4.69) is 15.3 Å². The van der Waals surface area contributed by atoms with E-state index in [9.17, 15) is 14.8 Å². The molecule has 10 heteroatoms. The molecular weight excluding hydrogens is 330 g/mol. The fourth-order valence-electron chi connectivity index (χ4n) is 2.16. The standard InChI is InChI=1S/C15H21N5O5/c1-3-24-14(21)17-12-10-11(19-8-6-5-7-9-19)16-13(20(12)23)18-15(22)25-4-2/h5-6,10,23H,3-4,7-9H2,1-2H3,(H,17,21)/b18-13+. The molecule has 10 nitrogen and oxygen atoms in total. The SMILES string of the molecule is CCOC(=O)/N=c1\nc(N2CC=CCC2)cc(NC(=O)OCC)n1O. The summed E-state index contributed by atoms with van der Waals surface area (Å²) >= 11 is 0. The van der Waals surface area contributed by atoms with Gasteiger partial charge in [-0.15, -0.1) is 9.72 Å². The monoisotopic (exact) mass is 351 g/mol. The molecule has 1 aromatic rings. The zero-order valence-electron chi connectivity index (χ0n) is 14.1. The van der Waals surface area contributed by atoms with Crippen molar-refractivity contribution in [2.75, 3.05) is 36.5 Å². The number of amides is 2. The highest BCUT2D eigenvalue weighted by molar-refractivity contribution is 5.83. The Balaban J connectivity index is 2.44. The second-order valence-corrected chi connectivity index (χ2v) is 4.97. The summed E-state index contributed by atoms with van der Waals surface area (Å²) in [6, 6.07) is 1.47. The van der Waals surface area contributed by atoms with Gasteiger partial charge in [-0.25, -0.2) is 9.59 Å². The van der Waals surface area contributed by atoms with Crippen LogP contribution >= 0.6 is 0 Å². The van der Waals surface area contributed by atoms with Crippen molar-refractivity contribution < 1.29 is 24.3 Å². The number of rotatable bonds is 4. The molecule has 0 spiro atoms. The molecule has 2 N–H and O–H groups in total. The average molecular weight is 351 g/mol. The number of hydrogen-bond donors (Lipinski definition) is 2. The van der Waals surface area contributed by atoms with Crippen molar-refractivity contribution in [1.82, 2.24) is 9.71 Å². The van der Waals surface area contributed by atoms with E-state index < -0.39 is 12.2 Å². The van der Waals surface area contributed by atoms with Crippen LogP contribution in [-0.2, 0) is 9.47 Å². The Morgan fingerprint density at radius 3 is 2.72 bits per heavy atom. The van der Waals surface area contributed by atoms with Crippen LogP contribution in [0.2, 0.25) is 0 Å². The van der Waals surface area contributed by atoms with Crippen LogP contribution < -0.4 is 15.8 Å². The first-order valence-electron chi connectivity index (χ1n) is 7.93. The summed E-state index contributed by atoms with van der Waals surface area (Å²) in [5.41, 5.74) is -0.308. The molecule has 2 amide bonds. The summed E-state index contributed by atoms with van der Waals surface area (Å²) in [6.45, 7) is 4.92. The molecule has 1 aromatic heterocycles. The molecule has 2 rings (SSSR count). The fourth-order valence-corrected chi connectivity index (χ4v) is 2.16. The van der Waals surface area contributed by atoms with Gasteiger partial charge in [0, 0.05) is 19.2 Å². The minimum atomic E-state index is -0.893. The van der Waals surface area contributed by atoms with Gasteiger partial charge in [0.15, 0.2) is 5.82 Å². The second kappa shape index (κ2) is 8.71. The number of nitrogens with one attached hydrogen (secondary N) is 1. The molecule has 25 heavy (non-hydrogen) atoms.